The van der Waals surface area contributed by atoms with Crippen molar-refractivity contribution in [2.75, 3.05) is 0 Å². The van der Waals surface area contributed by atoms with Crippen LogP contribution in [0, 0.1) is 6.92 Å². The molecule has 5 heteroatoms. The molecule has 1 aliphatic rings. The van der Waals surface area contributed by atoms with E-state index in [9.17, 15) is 8.42 Å². The molecule has 0 saturated carbocycles. The highest BCUT2D eigenvalue weighted by Gasteiger charge is 2.28. The van der Waals surface area contributed by atoms with Gasteiger partial charge in [-0.3, -0.25) is 0 Å². The lowest BCUT2D eigenvalue weighted by Crippen LogP contribution is -2.18. The summed E-state index contributed by atoms with van der Waals surface area (Å²) in [5.74, 6) is 0.469. The lowest BCUT2D eigenvalue weighted by molar-refractivity contribution is 0.549. The number of allylic oxidation sites excluding steroid dienone is 1. The predicted octanol–water partition coefficient (Wildman–Crippen LogP) is 2.02. The van der Waals surface area contributed by atoms with E-state index in [4.69, 9.17) is 4.74 Å². The first-order chi connectivity index (χ1) is 7.50. The number of aliphatic imine (C=N–C) groups is 1. The first kappa shape index (κ1) is 10.9. The van der Waals surface area contributed by atoms with E-state index in [0.29, 0.717) is 5.75 Å². The fraction of sp³-hybridized carbons (Fsp3) is 0.182. The van der Waals surface area contributed by atoms with Gasteiger partial charge in [0, 0.05) is 6.20 Å². The summed E-state index contributed by atoms with van der Waals surface area (Å²) in [6.07, 6.45) is 1.29. The Morgan fingerprint density at radius 3 is 2.25 bits per heavy atom. The SMILES string of the molecule is CC1=CN=C(Oc2ccc(C)cc2)S1(=O)=O. The standard InChI is InChI=1S/C11H11NO3S/c1-8-3-5-10(6-4-8)15-11-12-7-9(2)16(11,13)14/h3-7H,1-2H3. The molecule has 1 aromatic rings. The van der Waals surface area contributed by atoms with E-state index in [0.717, 1.165) is 5.56 Å². The molecule has 4 nitrogen and oxygen atoms in total. The molecule has 0 amide bonds. The Morgan fingerprint density at radius 2 is 1.75 bits per heavy atom. The molecule has 0 radical (unpaired) electrons. The molecule has 0 unspecified atom stereocenters. The van der Waals surface area contributed by atoms with Crippen LogP contribution in [0.4, 0.5) is 0 Å². The summed E-state index contributed by atoms with van der Waals surface area (Å²) in [4.78, 5) is 3.93. The summed E-state index contributed by atoms with van der Waals surface area (Å²) < 4.78 is 28.5. The summed E-state index contributed by atoms with van der Waals surface area (Å²) in [5.41, 5.74) is 1.08. The van der Waals surface area contributed by atoms with E-state index >= 15 is 0 Å². The summed E-state index contributed by atoms with van der Waals surface area (Å²) >= 11 is 0. The summed E-state index contributed by atoms with van der Waals surface area (Å²) in [6, 6.07) is 7.11. The Labute approximate surface area is 94.2 Å². The summed E-state index contributed by atoms with van der Waals surface area (Å²) in [6.45, 7) is 3.43. The van der Waals surface area contributed by atoms with Crippen molar-refractivity contribution in [3.63, 3.8) is 0 Å². The highest BCUT2D eigenvalue weighted by Crippen LogP contribution is 2.20. The molecule has 84 valence electrons. The molecule has 1 aromatic carbocycles. The van der Waals surface area contributed by atoms with Gasteiger partial charge < -0.3 is 4.74 Å². The topological polar surface area (TPSA) is 55.7 Å². The molecule has 0 aliphatic carbocycles. The number of hydrogen-bond acceptors (Lipinski definition) is 4. The summed E-state index contributed by atoms with van der Waals surface area (Å²) in [5, 5.41) is -0.256. The molecule has 0 fully saturated rings. The highest BCUT2D eigenvalue weighted by molar-refractivity contribution is 8.09. The third-order valence-corrected chi connectivity index (χ3v) is 3.83. The predicted molar refractivity (Wildman–Crippen MR) is 61.9 cm³/mol. The van der Waals surface area contributed by atoms with Crippen molar-refractivity contribution < 1.29 is 13.2 Å². The minimum absolute atomic E-state index is 0.203. The number of nitrogens with zero attached hydrogens (tertiary/aromatic N) is 1. The van der Waals surface area contributed by atoms with E-state index in [2.05, 4.69) is 4.99 Å². The largest absolute Gasteiger partial charge is 0.430 e. The van der Waals surface area contributed by atoms with Crippen molar-refractivity contribution in [1.29, 1.82) is 0 Å². The first-order valence-electron chi connectivity index (χ1n) is 4.74. The lowest BCUT2D eigenvalue weighted by atomic mass is 10.2. The Balaban J connectivity index is 2.23. The Morgan fingerprint density at radius 1 is 1.12 bits per heavy atom. The average Bonchev–Trinajstić information content (AvgIpc) is 2.48. The van der Waals surface area contributed by atoms with Crippen molar-refractivity contribution in [3.8, 4) is 5.75 Å². The van der Waals surface area contributed by atoms with Crippen LogP contribution >= 0.6 is 0 Å². The van der Waals surface area contributed by atoms with Crippen molar-refractivity contribution in [2.45, 2.75) is 13.8 Å². The second-order valence-corrected chi connectivity index (χ2v) is 5.55. The Bertz CT molecular complexity index is 568. The van der Waals surface area contributed by atoms with Gasteiger partial charge in [-0.05, 0) is 26.0 Å². The molecule has 0 bridgehead atoms. The van der Waals surface area contributed by atoms with Crippen LogP contribution in [0.15, 0.2) is 40.4 Å². The lowest BCUT2D eigenvalue weighted by Gasteiger charge is -2.05. The second-order valence-electron chi connectivity index (χ2n) is 3.55. The molecule has 0 aromatic heterocycles. The molecule has 2 rings (SSSR count). The second kappa shape index (κ2) is 3.75. The molecule has 0 saturated heterocycles. The average molecular weight is 237 g/mol. The zero-order valence-corrected chi connectivity index (χ0v) is 9.78. The molecule has 16 heavy (non-hydrogen) atoms. The first-order valence-corrected chi connectivity index (χ1v) is 6.22. The van der Waals surface area contributed by atoms with Crippen LogP contribution < -0.4 is 4.74 Å². The smallest absolute Gasteiger partial charge is 0.319 e. The third kappa shape index (κ3) is 1.86. The number of hydrogen-bond donors (Lipinski definition) is 0. The van der Waals surface area contributed by atoms with Crippen LogP contribution in [0.5, 0.6) is 5.75 Å². The van der Waals surface area contributed by atoms with E-state index in [1.165, 1.54) is 13.1 Å². The number of rotatable bonds is 1. The molecule has 0 N–H and O–H groups in total. The Hall–Kier alpha value is -1.62. The van der Waals surface area contributed by atoms with Gasteiger partial charge in [-0.15, -0.1) is 0 Å². The number of aryl methyl sites for hydroxylation is 1. The number of ether oxygens (including phenoxy) is 1. The van der Waals surface area contributed by atoms with Crippen LogP contribution in [0.3, 0.4) is 0 Å². The third-order valence-electron chi connectivity index (χ3n) is 2.23. The maximum Gasteiger partial charge on any atom is 0.319 e. The van der Waals surface area contributed by atoms with Crippen molar-refractivity contribution in [1.82, 2.24) is 0 Å². The number of benzene rings is 1. The zero-order chi connectivity index (χ0) is 11.8. The van der Waals surface area contributed by atoms with Gasteiger partial charge in [0.1, 0.15) is 5.75 Å². The van der Waals surface area contributed by atoms with Gasteiger partial charge in [-0.25, -0.2) is 13.4 Å². The van der Waals surface area contributed by atoms with E-state index in [-0.39, 0.29) is 10.1 Å². The monoisotopic (exact) mass is 237 g/mol. The molecule has 0 spiro atoms. The molecular weight excluding hydrogens is 226 g/mol. The summed E-state index contributed by atoms with van der Waals surface area (Å²) in [7, 11) is -3.49. The zero-order valence-electron chi connectivity index (χ0n) is 8.97. The van der Waals surface area contributed by atoms with Gasteiger partial charge in [0.25, 0.3) is 9.84 Å². The minimum Gasteiger partial charge on any atom is -0.430 e. The Kier molecular flexibility index (Phi) is 2.55. The maximum atomic E-state index is 11.6. The fourth-order valence-corrected chi connectivity index (χ4v) is 2.07. The molecule has 0 atom stereocenters. The molecule has 1 heterocycles. The molecular formula is C11H11NO3S. The van der Waals surface area contributed by atoms with Crippen LogP contribution in [0.25, 0.3) is 0 Å². The number of sulfone groups is 1. The van der Waals surface area contributed by atoms with Crippen LogP contribution in [-0.4, -0.2) is 13.6 Å². The van der Waals surface area contributed by atoms with E-state index in [1.807, 2.05) is 19.1 Å². The van der Waals surface area contributed by atoms with Crippen molar-refractivity contribution in [2.24, 2.45) is 4.99 Å². The van der Waals surface area contributed by atoms with Crippen LogP contribution in [-0.2, 0) is 9.84 Å². The van der Waals surface area contributed by atoms with E-state index < -0.39 is 9.84 Å². The van der Waals surface area contributed by atoms with Crippen LogP contribution in [0.1, 0.15) is 12.5 Å². The van der Waals surface area contributed by atoms with Crippen LogP contribution in [0.2, 0.25) is 0 Å². The fourth-order valence-electron chi connectivity index (χ4n) is 1.21. The minimum atomic E-state index is -3.49. The van der Waals surface area contributed by atoms with Crippen molar-refractivity contribution >= 4 is 15.1 Å². The van der Waals surface area contributed by atoms with Gasteiger partial charge in [-0.1, -0.05) is 17.7 Å². The van der Waals surface area contributed by atoms with Gasteiger partial charge in [0.05, 0.1) is 4.91 Å². The van der Waals surface area contributed by atoms with Gasteiger partial charge >= 0.3 is 5.23 Å². The van der Waals surface area contributed by atoms with Gasteiger partial charge in [0.15, 0.2) is 0 Å². The van der Waals surface area contributed by atoms with Gasteiger partial charge in [-0.2, -0.15) is 0 Å². The van der Waals surface area contributed by atoms with E-state index in [1.54, 1.807) is 12.1 Å². The van der Waals surface area contributed by atoms with Crippen molar-refractivity contribution in [3.05, 3.63) is 40.9 Å². The quantitative estimate of drug-likeness (QED) is 0.750. The maximum absolute atomic E-state index is 11.6. The normalized spacial score (nSPS) is 17.9. The van der Waals surface area contributed by atoms with Gasteiger partial charge in [0.2, 0.25) is 0 Å². The highest BCUT2D eigenvalue weighted by atomic mass is 32.2. The molecule has 1 aliphatic heterocycles.